The Balaban J connectivity index is 1.67. The molecular formula is C20H15Cl2N3O5S. The SMILES string of the molecule is NC(=O)COc1ccc(C=C2SC(=O)N(CC(=O)Nc3ccc(Cl)cc3)C2=O)cc1Cl. The van der Waals surface area contributed by atoms with Crippen LogP contribution >= 0.6 is 35.0 Å². The van der Waals surface area contributed by atoms with Gasteiger partial charge in [0.05, 0.1) is 9.93 Å². The molecule has 1 heterocycles. The summed E-state index contributed by atoms with van der Waals surface area (Å²) in [4.78, 5) is 48.8. The molecule has 8 nitrogen and oxygen atoms in total. The second kappa shape index (κ2) is 9.86. The summed E-state index contributed by atoms with van der Waals surface area (Å²) in [6.07, 6.45) is 1.48. The van der Waals surface area contributed by atoms with Crippen LogP contribution in [0.4, 0.5) is 10.5 Å². The van der Waals surface area contributed by atoms with Crippen LogP contribution in [0.15, 0.2) is 47.4 Å². The lowest BCUT2D eigenvalue weighted by molar-refractivity contribution is -0.127. The molecule has 0 bridgehead atoms. The van der Waals surface area contributed by atoms with Gasteiger partial charge in [0.2, 0.25) is 5.91 Å². The molecule has 0 radical (unpaired) electrons. The maximum absolute atomic E-state index is 12.6. The van der Waals surface area contributed by atoms with Gasteiger partial charge < -0.3 is 15.8 Å². The Bertz CT molecular complexity index is 1090. The number of nitrogens with one attached hydrogen (secondary N) is 1. The molecule has 0 saturated carbocycles. The number of hydrogen-bond acceptors (Lipinski definition) is 6. The minimum atomic E-state index is -0.645. The predicted octanol–water partition coefficient (Wildman–Crippen LogP) is 3.53. The van der Waals surface area contributed by atoms with E-state index in [-0.39, 0.29) is 22.3 Å². The topological polar surface area (TPSA) is 119 Å². The Labute approximate surface area is 191 Å². The molecule has 0 spiro atoms. The zero-order chi connectivity index (χ0) is 22.5. The van der Waals surface area contributed by atoms with E-state index < -0.39 is 29.5 Å². The number of amides is 4. The van der Waals surface area contributed by atoms with Crippen LogP contribution in [0, 0.1) is 0 Å². The van der Waals surface area contributed by atoms with E-state index in [2.05, 4.69) is 5.32 Å². The van der Waals surface area contributed by atoms with Gasteiger partial charge in [-0.25, -0.2) is 0 Å². The van der Waals surface area contributed by atoms with Crippen molar-refractivity contribution in [1.29, 1.82) is 0 Å². The molecule has 0 unspecified atom stereocenters. The van der Waals surface area contributed by atoms with E-state index in [9.17, 15) is 19.2 Å². The molecule has 3 rings (SSSR count). The van der Waals surface area contributed by atoms with Gasteiger partial charge in [0.1, 0.15) is 12.3 Å². The minimum Gasteiger partial charge on any atom is -0.482 e. The summed E-state index contributed by atoms with van der Waals surface area (Å²) in [7, 11) is 0. The van der Waals surface area contributed by atoms with Crippen molar-refractivity contribution in [3.63, 3.8) is 0 Å². The first kappa shape index (κ1) is 22.7. The van der Waals surface area contributed by atoms with Gasteiger partial charge in [-0.3, -0.25) is 24.1 Å². The molecule has 1 aliphatic heterocycles. The Kier molecular flexibility index (Phi) is 7.21. The fraction of sp³-hybridized carbons (Fsp3) is 0.100. The van der Waals surface area contributed by atoms with Gasteiger partial charge in [0.25, 0.3) is 17.1 Å². The molecule has 0 aromatic heterocycles. The molecule has 11 heteroatoms. The molecule has 4 amide bonds. The third kappa shape index (κ3) is 6.00. The normalized spacial score (nSPS) is 14.8. The molecule has 2 aromatic rings. The number of hydrogen-bond donors (Lipinski definition) is 2. The summed E-state index contributed by atoms with van der Waals surface area (Å²) in [5.74, 6) is -1.50. The first-order valence-corrected chi connectivity index (χ1v) is 10.3. The van der Waals surface area contributed by atoms with Crippen LogP contribution < -0.4 is 15.8 Å². The van der Waals surface area contributed by atoms with Crippen LogP contribution in [0.5, 0.6) is 5.75 Å². The number of halogens is 2. The van der Waals surface area contributed by atoms with Crippen LogP contribution in [0.25, 0.3) is 6.08 Å². The van der Waals surface area contributed by atoms with Crippen molar-refractivity contribution in [1.82, 2.24) is 4.90 Å². The molecule has 3 N–H and O–H groups in total. The number of carbonyl (C=O) groups is 4. The van der Waals surface area contributed by atoms with E-state index in [1.165, 1.54) is 18.2 Å². The summed E-state index contributed by atoms with van der Waals surface area (Å²) in [6, 6.07) is 11.1. The summed E-state index contributed by atoms with van der Waals surface area (Å²) >= 11 is 12.6. The monoisotopic (exact) mass is 479 g/mol. The molecule has 0 aliphatic carbocycles. The second-order valence-corrected chi connectivity index (χ2v) is 8.10. The number of benzene rings is 2. The third-order valence-electron chi connectivity index (χ3n) is 3.93. The van der Waals surface area contributed by atoms with Crippen LogP contribution in [0.3, 0.4) is 0 Å². The smallest absolute Gasteiger partial charge is 0.294 e. The molecule has 1 fully saturated rings. The number of thioether (sulfide) groups is 1. The molecular weight excluding hydrogens is 465 g/mol. The third-order valence-corrected chi connectivity index (χ3v) is 5.38. The van der Waals surface area contributed by atoms with Gasteiger partial charge in [0.15, 0.2) is 6.61 Å². The molecule has 31 heavy (non-hydrogen) atoms. The number of anilines is 1. The van der Waals surface area contributed by atoms with Crippen molar-refractivity contribution in [3.05, 3.63) is 63.0 Å². The quantitative estimate of drug-likeness (QED) is 0.586. The summed E-state index contributed by atoms with van der Waals surface area (Å²) in [5, 5.41) is 2.76. The number of primary amides is 1. The summed E-state index contributed by atoms with van der Waals surface area (Å²) in [5.41, 5.74) is 6.05. The average Bonchev–Trinajstić information content (AvgIpc) is 2.96. The number of nitrogens with zero attached hydrogens (tertiary/aromatic N) is 1. The van der Waals surface area contributed by atoms with E-state index in [4.69, 9.17) is 33.7 Å². The fourth-order valence-corrected chi connectivity index (χ4v) is 3.75. The maximum Gasteiger partial charge on any atom is 0.294 e. The lowest BCUT2D eigenvalue weighted by atomic mass is 10.2. The number of rotatable bonds is 7. The van der Waals surface area contributed by atoms with E-state index >= 15 is 0 Å². The van der Waals surface area contributed by atoms with Gasteiger partial charge >= 0.3 is 0 Å². The standard InChI is InChI=1S/C20H15Cl2N3O5S/c21-12-2-4-13(5-3-12)24-18(27)9-25-19(28)16(31-20(25)29)8-11-1-6-15(14(22)7-11)30-10-17(23)26/h1-8H,9-10H2,(H2,23,26)(H,24,27). The van der Waals surface area contributed by atoms with Crippen molar-refractivity contribution >= 4 is 69.7 Å². The van der Waals surface area contributed by atoms with Crippen LogP contribution in [0.1, 0.15) is 5.56 Å². The molecule has 1 aliphatic rings. The Morgan fingerprint density at radius 1 is 1.13 bits per heavy atom. The zero-order valence-electron chi connectivity index (χ0n) is 15.8. The predicted molar refractivity (Wildman–Crippen MR) is 119 cm³/mol. The first-order valence-electron chi connectivity index (χ1n) is 8.74. The van der Waals surface area contributed by atoms with Gasteiger partial charge in [0, 0.05) is 10.7 Å². The number of carbonyl (C=O) groups excluding carboxylic acids is 4. The van der Waals surface area contributed by atoms with Crippen molar-refractivity contribution in [2.24, 2.45) is 5.73 Å². The molecule has 1 saturated heterocycles. The first-order chi connectivity index (χ1) is 14.7. The van der Waals surface area contributed by atoms with Gasteiger partial charge in [-0.05, 0) is 59.8 Å². The van der Waals surface area contributed by atoms with Crippen LogP contribution in [-0.2, 0) is 14.4 Å². The number of imide groups is 1. The molecule has 160 valence electrons. The minimum absolute atomic E-state index is 0.145. The Morgan fingerprint density at radius 2 is 1.84 bits per heavy atom. The van der Waals surface area contributed by atoms with E-state index in [1.54, 1.807) is 30.3 Å². The fourth-order valence-electron chi connectivity index (χ4n) is 2.54. The van der Waals surface area contributed by atoms with Crippen LogP contribution in [0.2, 0.25) is 10.0 Å². The highest BCUT2D eigenvalue weighted by Crippen LogP contribution is 2.33. The number of ether oxygens (including phenoxy) is 1. The zero-order valence-corrected chi connectivity index (χ0v) is 18.1. The van der Waals surface area contributed by atoms with E-state index in [1.807, 2.05) is 0 Å². The lowest BCUT2D eigenvalue weighted by Gasteiger charge is -2.12. The maximum atomic E-state index is 12.6. The highest BCUT2D eigenvalue weighted by molar-refractivity contribution is 8.18. The molecule has 2 aromatic carbocycles. The number of nitrogens with two attached hydrogens (primary N) is 1. The van der Waals surface area contributed by atoms with Gasteiger partial charge in [-0.1, -0.05) is 29.3 Å². The Morgan fingerprint density at radius 3 is 2.48 bits per heavy atom. The van der Waals surface area contributed by atoms with Crippen molar-refractivity contribution in [2.45, 2.75) is 0 Å². The Hall–Kier alpha value is -3.01. The van der Waals surface area contributed by atoms with E-state index in [0.29, 0.717) is 28.0 Å². The summed E-state index contributed by atoms with van der Waals surface area (Å²) < 4.78 is 5.16. The van der Waals surface area contributed by atoms with E-state index in [0.717, 1.165) is 4.90 Å². The van der Waals surface area contributed by atoms with Crippen molar-refractivity contribution in [3.8, 4) is 5.75 Å². The lowest BCUT2D eigenvalue weighted by Crippen LogP contribution is -2.36. The highest BCUT2D eigenvalue weighted by atomic mass is 35.5. The second-order valence-electron chi connectivity index (χ2n) is 6.27. The summed E-state index contributed by atoms with van der Waals surface area (Å²) in [6.45, 7) is -0.749. The largest absolute Gasteiger partial charge is 0.482 e. The van der Waals surface area contributed by atoms with Crippen molar-refractivity contribution < 1.29 is 23.9 Å². The van der Waals surface area contributed by atoms with Gasteiger partial charge in [-0.15, -0.1) is 0 Å². The van der Waals surface area contributed by atoms with Crippen LogP contribution in [-0.4, -0.2) is 41.0 Å². The van der Waals surface area contributed by atoms with Crippen molar-refractivity contribution in [2.75, 3.05) is 18.5 Å². The molecule has 0 atom stereocenters. The highest BCUT2D eigenvalue weighted by Gasteiger charge is 2.36. The van der Waals surface area contributed by atoms with Gasteiger partial charge in [-0.2, -0.15) is 0 Å². The average molecular weight is 480 g/mol.